The Bertz CT molecular complexity index is 1360. The molecule has 0 saturated carbocycles. The maximum Gasteiger partial charge on any atom is 0.321 e. The lowest BCUT2D eigenvalue weighted by Gasteiger charge is -2.33. The fourth-order valence-electron chi connectivity index (χ4n) is 4.25. The van der Waals surface area contributed by atoms with Gasteiger partial charge < -0.3 is 15.5 Å². The highest BCUT2D eigenvalue weighted by atomic mass is 35.5. The summed E-state index contributed by atoms with van der Waals surface area (Å²) in [4.78, 5) is 41.1. The molecule has 0 spiro atoms. The Kier molecular flexibility index (Phi) is 7.71. The van der Waals surface area contributed by atoms with Crippen LogP contribution in [0.5, 0.6) is 0 Å². The number of amides is 3. The molecule has 1 aliphatic heterocycles. The van der Waals surface area contributed by atoms with Gasteiger partial charge >= 0.3 is 6.03 Å². The number of hydrogen-bond donors (Lipinski definition) is 3. The number of fused-ring (bicyclic) bond motifs is 1. The zero-order chi connectivity index (χ0) is 25.6. The number of nitrogens with one attached hydrogen (secondary N) is 3. The quantitative estimate of drug-likeness (QED) is 0.325. The Balaban J connectivity index is 1.23. The van der Waals surface area contributed by atoms with Gasteiger partial charge in [-0.2, -0.15) is 4.37 Å². The molecule has 0 bridgehead atoms. The van der Waals surface area contributed by atoms with E-state index in [2.05, 4.69) is 40.2 Å². The van der Waals surface area contributed by atoms with Crippen LogP contribution in [0.3, 0.4) is 0 Å². The van der Waals surface area contributed by atoms with E-state index in [-0.39, 0.29) is 5.91 Å². The Labute approximate surface area is 222 Å². The lowest BCUT2D eigenvalue weighted by molar-refractivity contribution is -0.123. The minimum Gasteiger partial charge on any atom is -0.371 e. The number of nitrogens with zero attached hydrogens (tertiary/aromatic N) is 5. The highest BCUT2D eigenvalue weighted by Crippen LogP contribution is 2.23. The molecule has 3 N–H and O–H groups in total. The lowest BCUT2D eigenvalue weighted by atomic mass is 9.96. The van der Waals surface area contributed by atoms with Crippen LogP contribution in [-0.2, 0) is 4.79 Å². The van der Waals surface area contributed by atoms with E-state index in [1.807, 2.05) is 17.5 Å². The Morgan fingerprint density at radius 1 is 1.08 bits per heavy atom. The number of urea groups is 1. The molecule has 1 aliphatic rings. The number of piperidine rings is 1. The molecular formula is C25H25ClN8O2S. The maximum absolute atomic E-state index is 13.3. The van der Waals surface area contributed by atoms with Crippen LogP contribution in [0.4, 0.5) is 16.3 Å². The fraction of sp³-hybridized carbons (Fsp3) is 0.280. The molecule has 1 fully saturated rings. The van der Waals surface area contributed by atoms with Gasteiger partial charge in [0.15, 0.2) is 6.04 Å². The van der Waals surface area contributed by atoms with Crippen molar-refractivity contribution < 1.29 is 9.59 Å². The van der Waals surface area contributed by atoms with Crippen molar-refractivity contribution in [1.82, 2.24) is 30.0 Å². The molecule has 1 saturated heterocycles. The summed E-state index contributed by atoms with van der Waals surface area (Å²) in [6.07, 6.45) is 6.93. The second kappa shape index (κ2) is 11.5. The first-order valence-corrected chi connectivity index (χ1v) is 13.1. The second-order valence-corrected chi connectivity index (χ2v) is 9.79. The largest absolute Gasteiger partial charge is 0.371 e. The average molecular weight is 537 g/mol. The standard InChI is InChI=1S/C25H25ClN8O2S/c26-17-1-4-22(28-14-17)31-25(36)32-23(20-3-2-19-21(30-20)15-37-33-19)24(35)29-13-16-7-11-34(12-8-16)18-5-9-27-10-6-18/h1-6,9-10,14-16,23H,7-8,11-13H2,(H,29,35)(H2,28,31,32,36). The van der Waals surface area contributed by atoms with Gasteiger partial charge in [0.25, 0.3) is 0 Å². The smallest absolute Gasteiger partial charge is 0.321 e. The molecular weight excluding hydrogens is 512 g/mol. The number of aromatic nitrogens is 4. The van der Waals surface area contributed by atoms with E-state index in [0.29, 0.717) is 34.5 Å². The van der Waals surface area contributed by atoms with Gasteiger partial charge in [-0.05, 0) is 66.7 Å². The summed E-state index contributed by atoms with van der Waals surface area (Å²) in [5.41, 5.74) is 3.00. The Morgan fingerprint density at radius 3 is 2.65 bits per heavy atom. The van der Waals surface area contributed by atoms with Gasteiger partial charge in [0.05, 0.1) is 10.7 Å². The van der Waals surface area contributed by atoms with Crippen LogP contribution in [0, 0.1) is 5.92 Å². The van der Waals surface area contributed by atoms with Gasteiger partial charge in [-0.3, -0.25) is 15.1 Å². The zero-order valence-corrected chi connectivity index (χ0v) is 21.4. The number of carbonyl (C=O) groups excluding carboxylic acids is 2. The highest BCUT2D eigenvalue weighted by molar-refractivity contribution is 7.04. The monoisotopic (exact) mass is 536 g/mol. The average Bonchev–Trinajstić information content (AvgIpc) is 3.40. The predicted octanol–water partition coefficient (Wildman–Crippen LogP) is 4.03. The van der Waals surface area contributed by atoms with Crippen LogP contribution in [0.1, 0.15) is 24.6 Å². The zero-order valence-electron chi connectivity index (χ0n) is 19.8. The molecule has 5 heterocycles. The first kappa shape index (κ1) is 24.8. The van der Waals surface area contributed by atoms with Gasteiger partial charge in [0.1, 0.15) is 16.9 Å². The molecule has 5 rings (SSSR count). The molecule has 37 heavy (non-hydrogen) atoms. The molecule has 0 aromatic carbocycles. The summed E-state index contributed by atoms with van der Waals surface area (Å²) in [5, 5.41) is 10.7. The number of pyridine rings is 3. The van der Waals surface area contributed by atoms with Crippen molar-refractivity contribution in [2.45, 2.75) is 18.9 Å². The van der Waals surface area contributed by atoms with Gasteiger partial charge in [0, 0.05) is 49.3 Å². The third-order valence-electron chi connectivity index (χ3n) is 6.25. The molecule has 3 amide bonds. The van der Waals surface area contributed by atoms with E-state index in [0.717, 1.165) is 37.1 Å². The lowest BCUT2D eigenvalue weighted by Crippen LogP contribution is -2.45. The maximum atomic E-state index is 13.3. The van der Waals surface area contributed by atoms with Crippen molar-refractivity contribution in [1.29, 1.82) is 0 Å². The van der Waals surface area contributed by atoms with Crippen molar-refractivity contribution in [3.63, 3.8) is 0 Å². The molecule has 0 aliphatic carbocycles. The van der Waals surface area contributed by atoms with Crippen molar-refractivity contribution in [2.75, 3.05) is 29.9 Å². The molecule has 12 heteroatoms. The van der Waals surface area contributed by atoms with E-state index < -0.39 is 12.1 Å². The van der Waals surface area contributed by atoms with Gasteiger partial charge in [-0.25, -0.2) is 14.8 Å². The Hall–Kier alpha value is -3.83. The van der Waals surface area contributed by atoms with Crippen LogP contribution < -0.4 is 20.9 Å². The molecule has 4 aromatic heterocycles. The van der Waals surface area contributed by atoms with Crippen LogP contribution >= 0.6 is 23.1 Å². The summed E-state index contributed by atoms with van der Waals surface area (Å²) < 4.78 is 4.27. The van der Waals surface area contributed by atoms with Crippen LogP contribution in [0.2, 0.25) is 5.02 Å². The van der Waals surface area contributed by atoms with E-state index in [1.54, 1.807) is 36.7 Å². The number of rotatable bonds is 7. The summed E-state index contributed by atoms with van der Waals surface area (Å²) >= 11 is 7.16. The van der Waals surface area contributed by atoms with E-state index in [4.69, 9.17) is 11.6 Å². The third-order valence-corrected chi connectivity index (χ3v) is 7.10. The normalized spacial score (nSPS) is 14.8. The van der Waals surface area contributed by atoms with E-state index in [9.17, 15) is 9.59 Å². The minimum atomic E-state index is -0.992. The molecule has 0 radical (unpaired) electrons. The van der Waals surface area contributed by atoms with Crippen molar-refractivity contribution in [2.24, 2.45) is 5.92 Å². The van der Waals surface area contributed by atoms with Crippen molar-refractivity contribution in [3.05, 3.63) is 71.1 Å². The second-order valence-electron chi connectivity index (χ2n) is 8.73. The number of carbonyl (C=O) groups is 2. The van der Waals surface area contributed by atoms with Crippen LogP contribution in [0.15, 0.2) is 60.4 Å². The molecule has 190 valence electrons. The van der Waals surface area contributed by atoms with Gasteiger partial charge in [0.2, 0.25) is 5.91 Å². The Morgan fingerprint density at radius 2 is 1.89 bits per heavy atom. The highest BCUT2D eigenvalue weighted by Gasteiger charge is 2.27. The number of hydrogen-bond acceptors (Lipinski definition) is 8. The van der Waals surface area contributed by atoms with Crippen LogP contribution in [0.25, 0.3) is 11.0 Å². The van der Waals surface area contributed by atoms with Crippen molar-refractivity contribution in [3.8, 4) is 0 Å². The number of anilines is 2. The first-order valence-electron chi connectivity index (χ1n) is 11.9. The van der Waals surface area contributed by atoms with Crippen molar-refractivity contribution >= 4 is 57.6 Å². The SMILES string of the molecule is O=C(Nc1ccc(Cl)cn1)NC(C(=O)NCC1CCN(c2ccncc2)CC1)c1ccc2nscc2n1. The molecule has 10 nitrogen and oxygen atoms in total. The predicted molar refractivity (Wildman–Crippen MR) is 144 cm³/mol. The fourth-order valence-corrected chi connectivity index (χ4v) is 4.95. The summed E-state index contributed by atoms with van der Waals surface area (Å²) in [6.45, 7) is 2.34. The minimum absolute atomic E-state index is 0.312. The van der Waals surface area contributed by atoms with Gasteiger partial charge in [-0.1, -0.05) is 11.6 Å². The van der Waals surface area contributed by atoms with Crippen LogP contribution in [-0.4, -0.2) is 50.9 Å². The molecule has 4 aromatic rings. The first-order chi connectivity index (χ1) is 18.0. The van der Waals surface area contributed by atoms with Gasteiger partial charge in [-0.15, -0.1) is 0 Å². The molecule has 1 atom stereocenters. The van der Waals surface area contributed by atoms with E-state index >= 15 is 0 Å². The summed E-state index contributed by atoms with van der Waals surface area (Å²) in [5.74, 6) is 0.324. The summed E-state index contributed by atoms with van der Waals surface area (Å²) in [6, 6.07) is 9.15. The topological polar surface area (TPSA) is 125 Å². The third kappa shape index (κ3) is 6.30. The molecule has 1 unspecified atom stereocenters. The summed E-state index contributed by atoms with van der Waals surface area (Å²) in [7, 11) is 0. The van der Waals surface area contributed by atoms with E-state index in [1.165, 1.54) is 17.7 Å². The number of halogens is 1.